The standard InChI is InChI=1S/C13H17BrO2/c1-10(2)4-3-9-16-13(15)11-5-7-12(14)8-6-11/h5-8,10H,3-4,9H2,1-2H3. The Morgan fingerprint density at radius 3 is 2.50 bits per heavy atom. The molecule has 1 aromatic carbocycles. The van der Waals surface area contributed by atoms with Crippen molar-refractivity contribution in [2.24, 2.45) is 5.92 Å². The van der Waals surface area contributed by atoms with E-state index in [2.05, 4.69) is 29.8 Å². The zero-order valence-electron chi connectivity index (χ0n) is 9.70. The van der Waals surface area contributed by atoms with Crippen molar-refractivity contribution in [3.05, 3.63) is 34.3 Å². The lowest BCUT2D eigenvalue weighted by Gasteiger charge is -2.06. The lowest BCUT2D eigenvalue weighted by molar-refractivity contribution is 0.0495. The highest BCUT2D eigenvalue weighted by Crippen LogP contribution is 2.11. The second-order valence-electron chi connectivity index (χ2n) is 4.18. The Morgan fingerprint density at radius 1 is 1.31 bits per heavy atom. The SMILES string of the molecule is CC(C)CCCOC(=O)c1ccc(Br)cc1. The summed E-state index contributed by atoms with van der Waals surface area (Å²) in [5, 5.41) is 0. The van der Waals surface area contributed by atoms with E-state index in [1.165, 1.54) is 0 Å². The third kappa shape index (κ3) is 4.79. The lowest BCUT2D eigenvalue weighted by atomic mass is 10.1. The van der Waals surface area contributed by atoms with E-state index >= 15 is 0 Å². The van der Waals surface area contributed by atoms with Crippen molar-refractivity contribution in [1.82, 2.24) is 0 Å². The molecule has 0 bridgehead atoms. The fraction of sp³-hybridized carbons (Fsp3) is 0.462. The molecular weight excluding hydrogens is 268 g/mol. The number of carbonyl (C=O) groups is 1. The summed E-state index contributed by atoms with van der Waals surface area (Å²) < 4.78 is 6.13. The summed E-state index contributed by atoms with van der Waals surface area (Å²) >= 11 is 3.32. The van der Waals surface area contributed by atoms with Gasteiger partial charge in [-0.05, 0) is 43.0 Å². The third-order valence-electron chi connectivity index (χ3n) is 2.24. The lowest BCUT2D eigenvalue weighted by Crippen LogP contribution is -2.06. The minimum atomic E-state index is -0.240. The molecular formula is C13H17BrO2. The molecule has 0 unspecified atom stereocenters. The fourth-order valence-electron chi connectivity index (χ4n) is 1.33. The molecule has 0 N–H and O–H groups in total. The summed E-state index contributed by atoms with van der Waals surface area (Å²) in [6.07, 6.45) is 2.02. The second kappa shape index (κ2) is 6.69. The fourth-order valence-corrected chi connectivity index (χ4v) is 1.59. The highest BCUT2D eigenvalue weighted by atomic mass is 79.9. The number of carbonyl (C=O) groups excluding carboxylic acids is 1. The molecule has 2 nitrogen and oxygen atoms in total. The van der Waals surface area contributed by atoms with Crippen molar-refractivity contribution in [2.45, 2.75) is 26.7 Å². The third-order valence-corrected chi connectivity index (χ3v) is 2.77. The van der Waals surface area contributed by atoms with Crippen molar-refractivity contribution in [1.29, 1.82) is 0 Å². The molecule has 0 heterocycles. The molecule has 0 saturated carbocycles. The first-order valence-corrected chi connectivity index (χ1v) is 6.31. The monoisotopic (exact) mass is 284 g/mol. The van der Waals surface area contributed by atoms with Crippen molar-refractivity contribution in [3.63, 3.8) is 0 Å². The summed E-state index contributed by atoms with van der Waals surface area (Å²) in [5.41, 5.74) is 0.604. The van der Waals surface area contributed by atoms with Crippen LogP contribution >= 0.6 is 15.9 Å². The summed E-state index contributed by atoms with van der Waals surface area (Å²) in [6, 6.07) is 7.19. The normalized spacial score (nSPS) is 10.5. The van der Waals surface area contributed by atoms with Gasteiger partial charge in [-0.25, -0.2) is 4.79 Å². The van der Waals surface area contributed by atoms with Crippen LogP contribution in [0.1, 0.15) is 37.0 Å². The zero-order chi connectivity index (χ0) is 12.0. The molecule has 0 amide bonds. The predicted molar refractivity (Wildman–Crippen MR) is 68.5 cm³/mol. The molecule has 0 radical (unpaired) electrons. The zero-order valence-corrected chi connectivity index (χ0v) is 11.3. The van der Waals surface area contributed by atoms with E-state index in [4.69, 9.17) is 4.74 Å². The molecule has 0 aliphatic carbocycles. The first-order valence-electron chi connectivity index (χ1n) is 5.52. The van der Waals surface area contributed by atoms with Crippen LogP contribution in [0, 0.1) is 5.92 Å². The minimum Gasteiger partial charge on any atom is -0.462 e. The van der Waals surface area contributed by atoms with Gasteiger partial charge >= 0.3 is 5.97 Å². The van der Waals surface area contributed by atoms with Crippen LogP contribution in [-0.4, -0.2) is 12.6 Å². The molecule has 1 aromatic rings. The maximum Gasteiger partial charge on any atom is 0.338 e. The van der Waals surface area contributed by atoms with Gasteiger partial charge in [-0.15, -0.1) is 0 Å². The Kier molecular flexibility index (Phi) is 5.53. The van der Waals surface area contributed by atoms with Gasteiger partial charge in [0.15, 0.2) is 0 Å². The van der Waals surface area contributed by atoms with Gasteiger partial charge in [-0.2, -0.15) is 0 Å². The van der Waals surface area contributed by atoms with E-state index in [9.17, 15) is 4.79 Å². The average Bonchev–Trinajstić information content (AvgIpc) is 2.25. The summed E-state index contributed by atoms with van der Waals surface area (Å²) in [6.45, 7) is 4.83. The number of ether oxygens (including phenoxy) is 1. The van der Waals surface area contributed by atoms with Gasteiger partial charge in [0.2, 0.25) is 0 Å². The largest absolute Gasteiger partial charge is 0.462 e. The van der Waals surface area contributed by atoms with Crippen molar-refractivity contribution < 1.29 is 9.53 Å². The molecule has 1 rings (SSSR count). The first-order chi connectivity index (χ1) is 7.59. The smallest absolute Gasteiger partial charge is 0.338 e. The van der Waals surface area contributed by atoms with Gasteiger partial charge < -0.3 is 4.74 Å². The van der Waals surface area contributed by atoms with Crippen molar-refractivity contribution in [3.8, 4) is 0 Å². The summed E-state index contributed by atoms with van der Waals surface area (Å²) in [4.78, 5) is 11.6. The Bertz CT molecular complexity index is 330. The molecule has 88 valence electrons. The van der Waals surface area contributed by atoms with E-state index in [0.29, 0.717) is 18.1 Å². The number of esters is 1. The average molecular weight is 285 g/mol. The van der Waals surface area contributed by atoms with Gasteiger partial charge in [0.05, 0.1) is 12.2 Å². The van der Waals surface area contributed by atoms with Crippen LogP contribution < -0.4 is 0 Å². The van der Waals surface area contributed by atoms with Crippen molar-refractivity contribution >= 4 is 21.9 Å². The molecule has 3 heteroatoms. The highest BCUT2D eigenvalue weighted by molar-refractivity contribution is 9.10. The Hall–Kier alpha value is -0.830. The molecule has 0 spiro atoms. The number of hydrogen-bond donors (Lipinski definition) is 0. The van der Waals surface area contributed by atoms with Gasteiger partial charge in [-0.3, -0.25) is 0 Å². The van der Waals surface area contributed by atoms with Crippen LogP contribution in [0.3, 0.4) is 0 Å². The number of halogens is 1. The van der Waals surface area contributed by atoms with E-state index < -0.39 is 0 Å². The predicted octanol–water partition coefficient (Wildman–Crippen LogP) is 4.04. The van der Waals surface area contributed by atoms with E-state index in [1.807, 2.05) is 12.1 Å². The van der Waals surface area contributed by atoms with E-state index in [-0.39, 0.29) is 5.97 Å². The van der Waals surface area contributed by atoms with Gasteiger partial charge in [0.25, 0.3) is 0 Å². The molecule has 16 heavy (non-hydrogen) atoms. The topological polar surface area (TPSA) is 26.3 Å². The maximum atomic E-state index is 11.6. The maximum absolute atomic E-state index is 11.6. The number of rotatable bonds is 5. The van der Waals surface area contributed by atoms with Crippen LogP contribution in [0.25, 0.3) is 0 Å². The van der Waals surface area contributed by atoms with E-state index in [1.54, 1.807) is 12.1 Å². The second-order valence-corrected chi connectivity index (χ2v) is 5.09. The Morgan fingerprint density at radius 2 is 1.94 bits per heavy atom. The minimum absolute atomic E-state index is 0.240. The Balaban J connectivity index is 2.32. The van der Waals surface area contributed by atoms with Crippen LogP contribution in [0.2, 0.25) is 0 Å². The van der Waals surface area contributed by atoms with Crippen LogP contribution in [0.15, 0.2) is 28.7 Å². The molecule has 0 aromatic heterocycles. The Labute approximate surface area is 105 Å². The molecule has 0 fully saturated rings. The highest BCUT2D eigenvalue weighted by Gasteiger charge is 2.06. The molecule has 0 saturated heterocycles. The summed E-state index contributed by atoms with van der Waals surface area (Å²) in [5.74, 6) is 0.419. The van der Waals surface area contributed by atoms with Gasteiger partial charge in [0, 0.05) is 4.47 Å². The molecule has 0 aliphatic rings. The number of hydrogen-bond acceptors (Lipinski definition) is 2. The van der Waals surface area contributed by atoms with E-state index in [0.717, 1.165) is 17.3 Å². The summed E-state index contributed by atoms with van der Waals surface area (Å²) in [7, 11) is 0. The molecule has 0 atom stereocenters. The quantitative estimate of drug-likeness (QED) is 0.603. The molecule has 0 aliphatic heterocycles. The van der Waals surface area contributed by atoms with Gasteiger partial charge in [-0.1, -0.05) is 29.8 Å². The van der Waals surface area contributed by atoms with Crippen LogP contribution in [0.5, 0.6) is 0 Å². The van der Waals surface area contributed by atoms with Crippen molar-refractivity contribution in [2.75, 3.05) is 6.61 Å². The van der Waals surface area contributed by atoms with Crippen LogP contribution in [0.4, 0.5) is 0 Å². The number of benzene rings is 1. The van der Waals surface area contributed by atoms with Crippen LogP contribution in [-0.2, 0) is 4.74 Å². The first kappa shape index (κ1) is 13.2. The van der Waals surface area contributed by atoms with Gasteiger partial charge in [0.1, 0.15) is 0 Å².